The molecule has 0 bridgehead atoms. The lowest BCUT2D eigenvalue weighted by molar-refractivity contribution is 0.102. The molecule has 3 aromatic rings. The summed E-state index contributed by atoms with van der Waals surface area (Å²) in [5, 5.41) is 7.72. The van der Waals surface area contributed by atoms with Crippen molar-refractivity contribution in [1.29, 1.82) is 0 Å². The fraction of sp³-hybridized carbons (Fsp3) is 0.278. The summed E-state index contributed by atoms with van der Waals surface area (Å²) in [6, 6.07) is 10.6. The van der Waals surface area contributed by atoms with Gasteiger partial charge in [0.05, 0.1) is 23.4 Å². The van der Waals surface area contributed by atoms with Gasteiger partial charge in [-0.2, -0.15) is 0 Å². The maximum absolute atomic E-state index is 12.4. The Balaban J connectivity index is 1.81. The molecule has 26 heavy (non-hydrogen) atoms. The number of rotatable bonds is 7. The smallest absolute Gasteiger partial charge is 0.258 e. The van der Waals surface area contributed by atoms with Crippen LogP contribution in [0.4, 0.5) is 11.6 Å². The van der Waals surface area contributed by atoms with Crippen molar-refractivity contribution in [2.24, 2.45) is 0 Å². The predicted molar refractivity (Wildman–Crippen MR) is 102 cm³/mol. The van der Waals surface area contributed by atoms with Crippen LogP contribution in [0.5, 0.6) is 0 Å². The van der Waals surface area contributed by atoms with Crippen molar-refractivity contribution in [2.45, 2.75) is 6.92 Å². The lowest BCUT2D eigenvalue weighted by Gasteiger charge is -2.21. The van der Waals surface area contributed by atoms with Gasteiger partial charge in [-0.1, -0.05) is 23.7 Å². The number of fused-ring (bicyclic) bond motifs is 1. The van der Waals surface area contributed by atoms with E-state index in [2.05, 4.69) is 27.2 Å². The number of likely N-dealkylation sites (N-methyl/N-ethyl adjacent to an activating group) is 1. The molecule has 0 spiro atoms. The number of halogens is 1. The first kappa shape index (κ1) is 18.2. The molecule has 7 nitrogen and oxygen atoms in total. The normalized spacial score (nSPS) is 10.9. The zero-order chi connectivity index (χ0) is 18.5. The topological polar surface area (TPSA) is 71.8 Å². The number of nitrogens with one attached hydrogen (secondary N) is 1. The number of imidazole rings is 1. The number of carbonyl (C=O) groups is 1. The van der Waals surface area contributed by atoms with Crippen molar-refractivity contribution in [3.8, 4) is 0 Å². The quantitative estimate of drug-likeness (QED) is 0.689. The van der Waals surface area contributed by atoms with Crippen molar-refractivity contribution >= 4 is 34.8 Å². The van der Waals surface area contributed by atoms with E-state index >= 15 is 0 Å². The van der Waals surface area contributed by atoms with Gasteiger partial charge in [0.2, 0.25) is 0 Å². The van der Waals surface area contributed by atoms with Gasteiger partial charge in [0.1, 0.15) is 5.82 Å². The van der Waals surface area contributed by atoms with Gasteiger partial charge in [-0.25, -0.2) is 9.50 Å². The van der Waals surface area contributed by atoms with Gasteiger partial charge in [0.15, 0.2) is 11.5 Å². The number of nitrogens with zero attached hydrogens (tertiary/aromatic N) is 4. The highest BCUT2D eigenvalue weighted by Crippen LogP contribution is 2.18. The third kappa shape index (κ3) is 3.95. The Bertz CT molecular complexity index is 911. The van der Waals surface area contributed by atoms with Gasteiger partial charge in [-0.3, -0.25) is 4.79 Å². The molecule has 0 radical (unpaired) electrons. The lowest BCUT2D eigenvalue weighted by Crippen LogP contribution is -2.28. The lowest BCUT2D eigenvalue weighted by atomic mass is 10.2. The number of carbonyl (C=O) groups excluding carboxylic acids is 1. The van der Waals surface area contributed by atoms with Gasteiger partial charge in [-0.15, -0.1) is 5.10 Å². The molecule has 0 unspecified atom stereocenters. The molecule has 0 aliphatic carbocycles. The Morgan fingerprint density at radius 2 is 2.12 bits per heavy atom. The van der Waals surface area contributed by atoms with E-state index in [-0.39, 0.29) is 5.91 Å². The van der Waals surface area contributed by atoms with E-state index in [9.17, 15) is 4.79 Å². The van der Waals surface area contributed by atoms with Crippen LogP contribution >= 0.6 is 11.6 Å². The van der Waals surface area contributed by atoms with Crippen LogP contribution in [0.2, 0.25) is 5.02 Å². The van der Waals surface area contributed by atoms with E-state index in [0.717, 1.165) is 18.9 Å². The Morgan fingerprint density at radius 3 is 2.85 bits per heavy atom. The van der Waals surface area contributed by atoms with Gasteiger partial charge in [0.25, 0.3) is 5.91 Å². The highest BCUT2D eigenvalue weighted by molar-refractivity contribution is 6.34. The maximum Gasteiger partial charge on any atom is 0.258 e. The van der Waals surface area contributed by atoms with Crippen molar-refractivity contribution in [3.63, 3.8) is 0 Å². The molecular formula is C18H20ClN5O2. The number of hydrogen-bond acceptors (Lipinski definition) is 5. The summed E-state index contributed by atoms with van der Waals surface area (Å²) in [5.41, 5.74) is 1.04. The second-order valence-electron chi connectivity index (χ2n) is 5.63. The van der Waals surface area contributed by atoms with E-state index in [0.29, 0.717) is 28.7 Å². The highest BCUT2D eigenvalue weighted by atomic mass is 35.5. The third-order valence-corrected chi connectivity index (χ3v) is 4.27. The molecule has 1 aromatic carbocycles. The molecule has 0 atom stereocenters. The van der Waals surface area contributed by atoms with Crippen LogP contribution in [0.15, 0.2) is 42.6 Å². The zero-order valence-corrected chi connectivity index (χ0v) is 15.4. The van der Waals surface area contributed by atoms with Gasteiger partial charge in [0, 0.05) is 20.2 Å². The summed E-state index contributed by atoms with van der Waals surface area (Å²) in [6.45, 7) is 4.24. The van der Waals surface area contributed by atoms with E-state index in [1.54, 1.807) is 42.1 Å². The van der Waals surface area contributed by atoms with Crippen LogP contribution < -0.4 is 10.2 Å². The Kier molecular flexibility index (Phi) is 5.70. The van der Waals surface area contributed by atoms with Gasteiger partial charge >= 0.3 is 0 Å². The minimum Gasteiger partial charge on any atom is -0.383 e. The standard InChI is InChI=1S/C18H20ClN5O2/c1-3-23(10-11-26-2)17-9-8-16-20-15(12-24(16)22-17)21-18(25)13-6-4-5-7-14(13)19/h4-9,12H,3,10-11H2,1-2H3,(H,21,25). The molecule has 2 aromatic heterocycles. The SMILES string of the molecule is CCN(CCOC)c1ccc2nc(NC(=O)c3ccccc3Cl)cn2n1. The van der Waals surface area contributed by atoms with Crippen molar-refractivity contribution < 1.29 is 9.53 Å². The number of amides is 1. The summed E-state index contributed by atoms with van der Waals surface area (Å²) in [5.74, 6) is 0.924. The zero-order valence-electron chi connectivity index (χ0n) is 14.6. The highest BCUT2D eigenvalue weighted by Gasteiger charge is 2.13. The molecule has 1 amide bonds. The van der Waals surface area contributed by atoms with Crippen LogP contribution in [0.25, 0.3) is 5.65 Å². The van der Waals surface area contributed by atoms with Crippen LogP contribution in [-0.2, 0) is 4.74 Å². The largest absolute Gasteiger partial charge is 0.383 e. The fourth-order valence-electron chi connectivity index (χ4n) is 2.57. The molecule has 136 valence electrons. The molecule has 1 N–H and O–H groups in total. The molecule has 0 saturated carbocycles. The average Bonchev–Trinajstić information content (AvgIpc) is 3.04. The molecule has 0 aliphatic heterocycles. The summed E-state index contributed by atoms with van der Waals surface area (Å²) in [6.07, 6.45) is 1.68. The van der Waals surface area contributed by atoms with Crippen LogP contribution in [0.1, 0.15) is 17.3 Å². The predicted octanol–water partition coefficient (Wildman–Crippen LogP) is 3.11. The molecule has 0 saturated heterocycles. The third-order valence-electron chi connectivity index (χ3n) is 3.94. The van der Waals surface area contributed by atoms with E-state index in [4.69, 9.17) is 16.3 Å². The van der Waals surface area contributed by atoms with E-state index < -0.39 is 0 Å². The Labute approximate surface area is 156 Å². The Morgan fingerprint density at radius 1 is 1.31 bits per heavy atom. The fourth-order valence-corrected chi connectivity index (χ4v) is 2.79. The van der Waals surface area contributed by atoms with Crippen LogP contribution in [0, 0.1) is 0 Å². The minimum absolute atomic E-state index is 0.311. The first-order chi connectivity index (χ1) is 12.6. The maximum atomic E-state index is 12.4. The number of benzene rings is 1. The monoisotopic (exact) mass is 373 g/mol. The minimum atomic E-state index is -0.311. The summed E-state index contributed by atoms with van der Waals surface area (Å²) in [7, 11) is 1.67. The number of ether oxygens (including phenoxy) is 1. The Hall–Kier alpha value is -2.64. The number of anilines is 2. The van der Waals surface area contributed by atoms with Crippen LogP contribution in [0.3, 0.4) is 0 Å². The first-order valence-corrected chi connectivity index (χ1v) is 8.66. The summed E-state index contributed by atoms with van der Waals surface area (Å²) in [4.78, 5) is 18.8. The van der Waals surface area contributed by atoms with Gasteiger partial charge < -0.3 is 15.0 Å². The number of aromatic nitrogens is 3. The summed E-state index contributed by atoms with van der Waals surface area (Å²) >= 11 is 6.06. The molecule has 0 aliphatic rings. The molecular weight excluding hydrogens is 354 g/mol. The average molecular weight is 374 g/mol. The molecule has 8 heteroatoms. The molecule has 2 heterocycles. The van der Waals surface area contributed by atoms with Crippen molar-refractivity contribution in [2.75, 3.05) is 37.0 Å². The van der Waals surface area contributed by atoms with Crippen LogP contribution in [-0.4, -0.2) is 47.3 Å². The molecule has 0 fully saturated rings. The van der Waals surface area contributed by atoms with Crippen molar-refractivity contribution in [3.05, 3.63) is 53.2 Å². The van der Waals surface area contributed by atoms with E-state index in [1.165, 1.54) is 0 Å². The number of hydrogen-bond donors (Lipinski definition) is 1. The first-order valence-electron chi connectivity index (χ1n) is 8.28. The van der Waals surface area contributed by atoms with Crippen molar-refractivity contribution in [1.82, 2.24) is 14.6 Å². The number of methoxy groups -OCH3 is 1. The second kappa shape index (κ2) is 8.16. The summed E-state index contributed by atoms with van der Waals surface area (Å²) < 4.78 is 6.78. The molecule has 3 rings (SSSR count). The second-order valence-corrected chi connectivity index (χ2v) is 6.03. The van der Waals surface area contributed by atoms with E-state index in [1.807, 2.05) is 12.1 Å². The van der Waals surface area contributed by atoms with Gasteiger partial charge in [-0.05, 0) is 31.2 Å².